The molecule has 2 aromatic carbocycles. The lowest BCUT2D eigenvalue weighted by Gasteiger charge is -2.56. The van der Waals surface area contributed by atoms with Gasteiger partial charge in [0.15, 0.2) is 0 Å². The molecule has 2 aliphatic carbocycles. The summed E-state index contributed by atoms with van der Waals surface area (Å²) >= 11 is 0. The fraction of sp³-hybridized carbons (Fsp3) is 0.462. The number of nitrogens with zero attached hydrogens (tertiary/aromatic N) is 1. The average Bonchev–Trinajstić information content (AvgIpc) is 3.56. The Kier molecular flexibility index (Phi) is 4.72. The first-order valence-corrected chi connectivity index (χ1v) is 11.8. The molecule has 1 saturated heterocycles. The van der Waals surface area contributed by atoms with Crippen molar-refractivity contribution in [3.8, 4) is 0 Å². The third-order valence-corrected chi connectivity index (χ3v) is 8.07. The summed E-state index contributed by atoms with van der Waals surface area (Å²) in [5, 5.41) is 6.23. The van der Waals surface area contributed by atoms with Crippen LogP contribution in [0.3, 0.4) is 0 Å². The van der Waals surface area contributed by atoms with Crippen molar-refractivity contribution in [2.24, 2.45) is 11.3 Å². The van der Waals surface area contributed by atoms with Gasteiger partial charge in [0.2, 0.25) is 0 Å². The molecule has 32 heavy (non-hydrogen) atoms. The first-order valence-electron chi connectivity index (χ1n) is 11.8. The second kappa shape index (κ2) is 7.62. The molecule has 2 aromatic rings. The number of anilines is 2. The van der Waals surface area contributed by atoms with Gasteiger partial charge in [-0.05, 0) is 55.5 Å². The molecule has 6 heteroatoms. The molecular formula is C26H29N3O3. The number of fused-ring (bicyclic) bond motifs is 3. The van der Waals surface area contributed by atoms with E-state index >= 15 is 0 Å². The second-order valence-corrected chi connectivity index (χ2v) is 9.68. The normalized spacial score (nSPS) is 27.0. The lowest BCUT2D eigenvalue weighted by Crippen LogP contribution is -2.68. The Hall–Kier alpha value is -2.86. The Labute approximate surface area is 188 Å². The summed E-state index contributed by atoms with van der Waals surface area (Å²) in [6.45, 7) is 1.49. The van der Waals surface area contributed by atoms with Crippen molar-refractivity contribution in [2.75, 3.05) is 23.4 Å². The fourth-order valence-electron chi connectivity index (χ4n) is 6.65. The largest absolute Gasteiger partial charge is 0.377 e. The van der Waals surface area contributed by atoms with Gasteiger partial charge in [-0.25, -0.2) is 4.79 Å². The lowest BCUT2D eigenvalue weighted by molar-refractivity contribution is -0.125. The summed E-state index contributed by atoms with van der Waals surface area (Å²) in [5.74, 6) is 0.399. The average molecular weight is 432 g/mol. The van der Waals surface area contributed by atoms with Crippen LogP contribution in [0.1, 0.15) is 48.0 Å². The maximum Gasteiger partial charge on any atom is 0.319 e. The molecule has 2 aliphatic heterocycles. The highest BCUT2D eigenvalue weighted by atomic mass is 16.5. The van der Waals surface area contributed by atoms with Gasteiger partial charge in [-0.2, -0.15) is 0 Å². The molecular weight excluding hydrogens is 402 g/mol. The van der Waals surface area contributed by atoms with Crippen molar-refractivity contribution < 1.29 is 14.3 Å². The van der Waals surface area contributed by atoms with E-state index in [9.17, 15) is 9.59 Å². The van der Waals surface area contributed by atoms with Gasteiger partial charge in [0.05, 0.1) is 6.10 Å². The predicted octanol–water partition coefficient (Wildman–Crippen LogP) is 4.36. The number of ether oxygens (including phenoxy) is 1. The topological polar surface area (TPSA) is 70.7 Å². The standard InChI is InChI=1S/C26H29N3O3/c30-24(29-14-10-17-6-1-2-9-21(17)29)18-7-5-8-19(16-18)27-25(31)28-22-20-11-15-32-23(20)26(22)12-3-4-13-26/h1-2,5-9,16,20,22-23H,3-4,10-15H2,(H2,27,28,31). The number of urea groups is 1. The Morgan fingerprint density at radius 3 is 2.78 bits per heavy atom. The third-order valence-electron chi connectivity index (χ3n) is 8.07. The van der Waals surface area contributed by atoms with E-state index in [1.165, 1.54) is 18.4 Å². The first-order chi connectivity index (χ1) is 15.7. The van der Waals surface area contributed by atoms with Crippen molar-refractivity contribution in [2.45, 2.75) is 50.7 Å². The van der Waals surface area contributed by atoms with Crippen LogP contribution >= 0.6 is 0 Å². The van der Waals surface area contributed by atoms with Gasteiger partial charge in [0.25, 0.3) is 5.91 Å². The van der Waals surface area contributed by atoms with E-state index in [0.29, 0.717) is 29.8 Å². The summed E-state index contributed by atoms with van der Waals surface area (Å²) in [4.78, 5) is 27.9. The van der Waals surface area contributed by atoms with E-state index < -0.39 is 0 Å². The molecule has 2 N–H and O–H groups in total. The Bertz CT molecular complexity index is 1060. The molecule has 3 unspecified atom stereocenters. The number of rotatable bonds is 3. The monoisotopic (exact) mass is 431 g/mol. The SMILES string of the molecule is O=C(Nc1cccc(C(=O)N2CCc3ccccc32)c1)NC1C2CCOC2C12CCCC2. The molecule has 2 saturated carbocycles. The van der Waals surface area contributed by atoms with Crippen LogP contribution in [0.2, 0.25) is 0 Å². The highest BCUT2D eigenvalue weighted by Gasteiger charge is 2.65. The van der Waals surface area contributed by atoms with Gasteiger partial charge in [-0.1, -0.05) is 37.1 Å². The Morgan fingerprint density at radius 1 is 1.06 bits per heavy atom. The Morgan fingerprint density at radius 2 is 1.91 bits per heavy atom. The fourth-order valence-corrected chi connectivity index (χ4v) is 6.65. The summed E-state index contributed by atoms with van der Waals surface area (Å²) in [5.41, 5.74) is 3.53. The van der Waals surface area contributed by atoms with E-state index in [1.807, 2.05) is 41.3 Å². The molecule has 3 amide bonds. The molecule has 0 bridgehead atoms. The third kappa shape index (κ3) is 3.04. The van der Waals surface area contributed by atoms with Gasteiger partial charge in [-0.15, -0.1) is 0 Å². The van der Waals surface area contributed by atoms with Crippen LogP contribution in [0.25, 0.3) is 0 Å². The molecule has 3 atom stereocenters. The number of carbonyl (C=O) groups is 2. The van der Waals surface area contributed by atoms with Crippen LogP contribution in [0.5, 0.6) is 0 Å². The molecule has 2 heterocycles. The van der Waals surface area contributed by atoms with Gasteiger partial charge in [0, 0.05) is 47.5 Å². The maximum absolute atomic E-state index is 13.2. The zero-order chi connectivity index (χ0) is 21.7. The van der Waals surface area contributed by atoms with E-state index in [1.54, 1.807) is 6.07 Å². The van der Waals surface area contributed by atoms with Crippen LogP contribution in [0.4, 0.5) is 16.2 Å². The smallest absolute Gasteiger partial charge is 0.319 e. The minimum absolute atomic E-state index is 0.0335. The van der Waals surface area contributed by atoms with E-state index in [-0.39, 0.29) is 23.4 Å². The maximum atomic E-state index is 13.2. The van der Waals surface area contributed by atoms with Crippen molar-refractivity contribution in [3.05, 3.63) is 59.7 Å². The zero-order valence-corrected chi connectivity index (χ0v) is 18.2. The number of carbonyl (C=O) groups excluding carboxylic acids is 2. The van der Waals surface area contributed by atoms with Crippen molar-refractivity contribution >= 4 is 23.3 Å². The summed E-state index contributed by atoms with van der Waals surface area (Å²) < 4.78 is 6.02. The molecule has 0 aromatic heterocycles. The summed E-state index contributed by atoms with van der Waals surface area (Å²) in [6.07, 6.45) is 6.93. The minimum atomic E-state index is -0.192. The van der Waals surface area contributed by atoms with Crippen molar-refractivity contribution in [1.29, 1.82) is 0 Å². The first kappa shape index (κ1) is 19.8. The van der Waals surface area contributed by atoms with Gasteiger partial charge >= 0.3 is 6.03 Å². The number of amides is 3. The summed E-state index contributed by atoms with van der Waals surface area (Å²) in [6, 6.07) is 15.3. The molecule has 1 spiro atoms. The van der Waals surface area contributed by atoms with E-state index in [0.717, 1.165) is 38.0 Å². The number of para-hydroxylation sites is 1. The molecule has 166 valence electrons. The van der Waals surface area contributed by atoms with Gasteiger partial charge in [-0.3, -0.25) is 4.79 Å². The quantitative estimate of drug-likeness (QED) is 0.759. The van der Waals surface area contributed by atoms with Crippen LogP contribution in [-0.2, 0) is 11.2 Å². The van der Waals surface area contributed by atoms with Gasteiger partial charge < -0.3 is 20.3 Å². The zero-order valence-electron chi connectivity index (χ0n) is 18.2. The Balaban J connectivity index is 1.15. The summed E-state index contributed by atoms with van der Waals surface area (Å²) in [7, 11) is 0. The van der Waals surface area contributed by atoms with Crippen LogP contribution < -0.4 is 15.5 Å². The van der Waals surface area contributed by atoms with Crippen molar-refractivity contribution in [1.82, 2.24) is 5.32 Å². The lowest BCUT2D eigenvalue weighted by atomic mass is 9.54. The molecule has 3 fully saturated rings. The van der Waals surface area contributed by atoms with E-state index in [2.05, 4.69) is 16.7 Å². The minimum Gasteiger partial charge on any atom is -0.377 e. The number of benzene rings is 2. The number of hydrogen-bond donors (Lipinski definition) is 2. The molecule has 0 radical (unpaired) electrons. The van der Waals surface area contributed by atoms with Crippen molar-refractivity contribution in [3.63, 3.8) is 0 Å². The van der Waals surface area contributed by atoms with E-state index in [4.69, 9.17) is 4.74 Å². The van der Waals surface area contributed by atoms with Gasteiger partial charge in [0.1, 0.15) is 0 Å². The number of nitrogens with one attached hydrogen (secondary N) is 2. The van der Waals surface area contributed by atoms with Crippen LogP contribution in [-0.4, -0.2) is 37.2 Å². The highest BCUT2D eigenvalue weighted by Crippen LogP contribution is 2.60. The molecule has 4 aliphatic rings. The highest BCUT2D eigenvalue weighted by molar-refractivity contribution is 6.08. The van der Waals surface area contributed by atoms with Crippen LogP contribution in [0, 0.1) is 11.3 Å². The molecule has 6 nitrogen and oxygen atoms in total. The van der Waals surface area contributed by atoms with Crippen LogP contribution in [0.15, 0.2) is 48.5 Å². The second-order valence-electron chi connectivity index (χ2n) is 9.68. The molecule has 6 rings (SSSR count). The number of hydrogen-bond acceptors (Lipinski definition) is 3. The predicted molar refractivity (Wildman–Crippen MR) is 123 cm³/mol.